The van der Waals surface area contributed by atoms with Crippen molar-refractivity contribution >= 4 is 11.9 Å². The molecule has 0 radical (unpaired) electrons. The molecule has 1 amide bonds. The Hall–Kier alpha value is -1.93. The van der Waals surface area contributed by atoms with Gasteiger partial charge >= 0.3 is 5.97 Å². The van der Waals surface area contributed by atoms with E-state index >= 15 is 0 Å². The van der Waals surface area contributed by atoms with E-state index in [0.29, 0.717) is 13.1 Å². The lowest BCUT2D eigenvalue weighted by Crippen LogP contribution is -2.52. The van der Waals surface area contributed by atoms with Gasteiger partial charge in [0.1, 0.15) is 0 Å². The molecule has 1 aliphatic rings. The summed E-state index contributed by atoms with van der Waals surface area (Å²) in [6.07, 6.45) is 1.20. The van der Waals surface area contributed by atoms with Crippen molar-refractivity contribution in [1.82, 2.24) is 25.3 Å². The molecule has 0 saturated carbocycles. The molecular weight excluding hydrogens is 238 g/mol. The zero-order valence-electron chi connectivity index (χ0n) is 10.0. The number of aromatic nitrogens is 2. The van der Waals surface area contributed by atoms with Crippen molar-refractivity contribution in [2.24, 2.45) is 0 Å². The van der Waals surface area contributed by atoms with E-state index in [4.69, 9.17) is 5.11 Å². The Morgan fingerprint density at radius 2 is 2.06 bits per heavy atom. The number of H-pyrrole nitrogens is 1. The average molecular weight is 253 g/mol. The van der Waals surface area contributed by atoms with Crippen LogP contribution in [0.5, 0.6) is 0 Å². The number of likely N-dealkylation sites (N-methyl/N-ethyl adjacent to an activating group) is 1. The number of aromatic amines is 1. The maximum atomic E-state index is 11.9. The van der Waals surface area contributed by atoms with Crippen LogP contribution in [0.15, 0.2) is 6.33 Å². The summed E-state index contributed by atoms with van der Waals surface area (Å²) in [6.45, 7) is 3.11. The normalized spacial score (nSPS) is 17.6. The lowest BCUT2D eigenvalue weighted by atomic mass is 10.3. The van der Waals surface area contributed by atoms with Gasteiger partial charge in [-0.2, -0.15) is 0 Å². The van der Waals surface area contributed by atoms with Crippen LogP contribution in [0.3, 0.4) is 0 Å². The first-order valence-corrected chi connectivity index (χ1v) is 5.59. The van der Waals surface area contributed by atoms with E-state index in [-0.39, 0.29) is 11.4 Å². The van der Waals surface area contributed by atoms with Crippen LogP contribution in [0.1, 0.15) is 21.0 Å². The first kappa shape index (κ1) is 12.5. The third-order valence-electron chi connectivity index (χ3n) is 2.83. The first-order chi connectivity index (χ1) is 8.58. The van der Waals surface area contributed by atoms with Crippen molar-refractivity contribution in [3.8, 4) is 0 Å². The number of piperazine rings is 1. The van der Waals surface area contributed by atoms with Crippen LogP contribution in [0.4, 0.5) is 0 Å². The van der Waals surface area contributed by atoms with Crippen LogP contribution in [0.2, 0.25) is 0 Å². The summed E-state index contributed by atoms with van der Waals surface area (Å²) in [5.74, 6) is -1.70. The number of carbonyl (C=O) groups is 2. The third kappa shape index (κ3) is 2.66. The summed E-state index contributed by atoms with van der Waals surface area (Å²) < 4.78 is 0. The average Bonchev–Trinajstić information content (AvgIpc) is 2.81. The first-order valence-electron chi connectivity index (χ1n) is 5.59. The molecule has 0 atom stereocenters. The monoisotopic (exact) mass is 253 g/mol. The van der Waals surface area contributed by atoms with E-state index < -0.39 is 11.9 Å². The van der Waals surface area contributed by atoms with Gasteiger partial charge in [0.05, 0.1) is 6.33 Å². The van der Waals surface area contributed by atoms with Gasteiger partial charge in [-0.25, -0.2) is 14.8 Å². The smallest absolute Gasteiger partial charge is 0.354 e. The molecule has 1 saturated heterocycles. The Bertz CT molecular complexity index is 450. The fourth-order valence-corrected chi connectivity index (χ4v) is 1.74. The number of hydrogen-bond acceptors (Lipinski definition) is 5. The zero-order chi connectivity index (χ0) is 13.1. The number of carboxylic acid groups (broad SMARTS) is 1. The van der Waals surface area contributed by atoms with Gasteiger partial charge < -0.3 is 15.0 Å². The summed E-state index contributed by atoms with van der Waals surface area (Å²) in [6, 6.07) is 0. The summed E-state index contributed by atoms with van der Waals surface area (Å²) in [5.41, 5.74) is 2.37. The number of nitrogens with one attached hydrogen (secondary N) is 2. The Labute approximate surface area is 104 Å². The second kappa shape index (κ2) is 5.15. The number of amides is 1. The van der Waals surface area contributed by atoms with Crippen molar-refractivity contribution in [3.63, 3.8) is 0 Å². The predicted molar refractivity (Wildman–Crippen MR) is 62.1 cm³/mol. The van der Waals surface area contributed by atoms with Crippen LogP contribution >= 0.6 is 0 Å². The summed E-state index contributed by atoms with van der Waals surface area (Å²) in [5, 5.41) is 10.6. The molecule has 8 heteroatoms. The lowest BCUT2D eigenvalue weighted by molar-refractivity contribution is 0.0632. The highest BCUT2D eigenvalue weighted by Crippen LogP contribution is 2.04. The number of imidazole rings is 1. The molecule has 2 heterocycles. The topological polar surface area (TPSA) is 102 Å². The van der Waals surface area contributed by atoms with E-state index in [1.54, 1.807) is 5.01 Å². The van der Waals surface area contributed by atoms with Crippen LogP contribution in [-0.2, 0) is 0 Å². The van der Waals surface area contributed by atoms with Gasteiger partial charge in [-0.15, -0.1) is 0 Å². The molecule has 0 unspecified atom stereocenters. The second-order valence-electron chi connectivity index (χ2n) is 4.16. The minimum atomic E-state index is -1.20. The fraction of sp³-hybridized carbons (Fsp3) is 0.500. The summed E-state index contributed by atoms with van der Waals surface area (Å²) in [4.78, 5) is 31.0. The maximum absolute atomic E-state index is 11.9. The standard InChI is InChI=1S/C10H15N5O3/c1-14-2-4-15(5-3-14)13-9(16)7-8(10(17)18)12-6-11-7/h6H,2-5H2,1H3,(H,11,12)(H,13,16)(H,17,18). The number of carbonyl (C=O) groups excluding carboxylic acids is 1. The molecule has 2 rings (SSSR count). The van der Waals surface area contributed by atoms with E-state index in [0.717, 1.165) is 13.1 Å². The van der Waals surface area contributed by atoms with Crippen LogP contribution in [-0.4, -0.2) is 70.1 Å². The van der Waals surface area contributed by atoms with Crippen LogP contribution < -0.4 is 5.43 Å². The maximum Gasteiger partial charge on any atom is 0.354 e. The van der Waals surface area contributed by atoms with Crippen LogP contribution in [0, 0.1) is 0 Å². The van der Waals surface area contributed by atoms with Gasteiger partial charge in [-0.3, -0.25) is 10.2 Å². The summed E-state index contributed by atoms with van der Waals surface area (Å²) in [7, 11) is 2.01. The number of nitrogens with zero attached hydrogens (tertiary/aromatic N) is 3. The Morgan fingerprint density at radius 1 is 1.39 bits per heavy atom. The molecule has 1 aromatic rings. The molecule has 1 aliphatic heterocycles. The number of rotatable bonds is 3. The van der Waals surface area contributed by atoms with Gasteiger partial charge in [0, 0.05) is 26.2 Å². The number of aromatic carboxylic acids is 1. The SMILES string of the molecule is CN1CCN(NC(=O)c2nc[nH]c2C(=O)O)CC1. The molecule has 0 aromatic carbocycles. The van der Waals surface area contributed by atoms with Crippen LogP contribution in [0.25, 0.3) is 0 Å². The largest absolute Gasteiger partial charge is 0.477 e. The van der Waals surface area contributed by atoms with Gasteiger partial charge in [-0.05, 0) is 7.05 Å². The van der Waals surface area contributed by atoms with Gasteiger partial charge in [0.2, 0.25) is 0 Å². The van der Waals surface area contributed by atoms with E-state index in [2.05, 4.69) is 20.3 Å². The summed E-state index contributed by atoms with van der Waals surface area (Å²) >= 11 is 0. The molecule has 18 heavy (non-hydrogen) atoms. The highest BCUT2D eigenvalue weighted by molar-refractivity contribution is 6.01. The minimum Gasteiger partial charge on any atom is -0.477 e. The van der Waals surface area contributed by atoms with E-state index in [9.17, 15) is 9.59 Å². The molecule has 0 aliphatic carbocycles. The number of carboxylic acids is 1. The Balaban J connectivity index is 1.99. The van der Waals surface area contributed by atoms with Crippen molar-refractivity contribution < 1.29 is 14.7 Å². The van der Waals surface area contributed by atoms with Crippen molar-refractivity contribution in [3.05, 3.63) is 17.7 Å². The van der Waals surface area contributed by atoms with Gasteiger partial charge in [0.25, 0.3) is 5.91 Å². The lowest BCUT2D eigenvalue weighted by Gasteiger charge is -2.32. The van der Waals surface area contributed by atoms with Crippen molar-refractivity contribution in [1.29, 1.82) is 0 Å². The highest BCUT2D eigenvalue weighted by Gasteiger charge is 2.22. The van der Waals surface area contributed by atoms with E-state index in [1.807, 2.05) is 7.05 Å². The second-order valence-corrected chi connectivity index (χ2v) is 4.16. The van der Waals surface area contributed by atoms with Gasteiger partial charge in [-0.1, -0.05) is 0 Å². The molecule has 3 N–H and O–H groups in total. The van der Waals surface area contributed by atoms with Crippen molar-refractivity contribution in [2.45, 2.75) is 0 Å². The van der Waals surface area contributed by atoms with E-state index in [1.165, 1.54) is 6.33 Å². The number of hydrogen-bond donors (Lipinski definition) is 3. The zero-order valence-corrected chi connectivity index (χ0v) is 10.0. The predicted octanol–water partition coefficient (Wildman–Crippen LogP) is -1.000. The van der Waals surface area contributed by atoms with Crippen molar-refractivity contribution in [2.75, 3.05) is 33.2 Å². The fourth-order valence-electron chi connectivity index (χ4n) is 1.74. The molecule has 1 fully saturated rings. The van der Waals surface area contributed by atoms with Gasteiger partial charge in [0.15, 0.2) is 11.4 Å². The Morgan fingerprint density at radius 3 is 2.67 bits per heavy atom. The highest BCUT2D eigenvalue weighted by atomic mass is 16.4. The molecule has 98 valence electrons. The third-order valence-corrected chi connectivity index (χ3v) is 2.83. The number of hydrazine groups is 1. The molecule has 8 nitrogen and oxygen atoms in total. The Kier molecular flexibility index (Phi) is 3.58. The molecular formula is C10H15N5O3. The molecule has 0 spiro atoms. The molecule has 1 aromatic heterocycles. The molecule has 0 bridgehead atoms. The minimum absolute atomic E-state index is 0.0959. The quantitative estimate of drug-likeness (QED) is 0.638.